The Morgan fingerprint density at radius 2 is 2.27 bits per heavy atom. The van der Waals surface area contributed by atoms with Crippen LogP contribution in [0.2, 0.25) is 0 Å². The molecule has 2 aromatic heterocycles. The van der Waals surface area contributed by atoms with Crippen LogP contribution in [0, 0.1) is 0 Å². The van der Waals surface area contributed by atoms with Gasteiger partial charge in [-0.05, 0) is 43.2 Å². The molecule has 1 aliphatic heterocycles. The van der Waals surface area contributed by atoms with Crippen LogP contribution in [0.3, 0.4) is 0 Å². The van der Waals surface area contributed by atoms with E-state index in [1.54, 1.807) is 0 Å². The second kappa shape index (κ2) is 6.58. The minimum absolute atomic E-state index is 0.931. The zero-order valence-electron chi connectivity index (χ0n) is 12.9. The zero-order valence-corrected chi connectivity index (χ0v) is 12.9. The van der Waals surface area contributed by atoms with Crippen molar-refractivity contribution in [3.8, 4) is 0 Å². The molecule has 0 fully saturated rings. The van der Waals surface area contributed by atoms with Crippen LogP contribution in [0.4, 0.5) is 0 Å². The standard InChI is InChI=1S/C19H21N3/c1-3-5-6-14(4-2)18-8-7-16-17(13-21-19(16)22-18)15-9-11-20-12-10-15/h3-9,13,20H,2,10-12H2,1H3,(H,21,22)/b5-3-,14-6+. The van der Waals surface area contributed by atoms with Gasteiger partial charge in [0, 0.05) is 23.7 Å². The van der Waals surface area contributed by atoms with Crippen LogP contribution in [0.15, 0.2) is 55.3 Å². The summed E-state index contributed by atoms with van der Waals surface area (Å²) in [7, 11) is 0. The Labute approximate surface area is 131 Å². The summed E-state index contributed by atoms with van der Waals surface area (Å²) < 4.78 is 0. The first-order valence-corrected chi connectivity index (χ1v) is 7.67. The quantitative estimate of drug-likeness (QED) is 0.833. The molecule has 1 aliphatic rings. The maximum Gasteiger partial charge on any atom is 0.138 e. The number of nitrogens with one attached hydrogen (secondary N) is 2. The Morgan fingerprint density at radius 3 is 3.00 bits per heavy atom. The molecular weight excluding hydrogens is 270 g/mol. The Kier molecular flexibility index (Phi) is 4.35. The first-order valence-electron chi connectivity index (χ1n) is 7.67. The molecule has 3 rings (SSSR count). The number of H-pyrrole nitrogens is 1. The van der Waals surface area contributed by atoms with Crippen molar-refractivity contribution in [3.63, 3.8) is 0 Å². The number of hydrogen-bond acceptors (Lipinski definition) is 2. The van der Waals surface area contributed by atoms with E-state index in [-0.39, 0.29) is 0 Å². The Bertz CT molecular complexity index is 775. The highest BCUT2D eigenvalue weighted by atomic mass is 14.9. The number of pyridine rings is 1. The third-order valence-electron chi connectivity index (χ3n) is 3.93. The van der Waals surface area contributed by atoms with E-state index < -0.39 is 0 Å². The molecule has 22 heavy (non-hydrogen) atoms. The normalized spacial score (nSPS) is 16.2. The largest absolute Gasteiger partial charge is 0.346 e. The molecule has 2 N–H and O–H groups in total. The first kappa shape index (κ1) is 14.5. The predicted octanol–water partition coefficient (Wildman–Crippen LogP) is 4.09. The maximum atomic E-state index is 4.74. The summed E-state index contributed by atoms with van der Waals surface area (Å²) in [6.45, 7) is 7.86. The van der Waals surface area contributed by atoms with Crippen molar-refractivity contribution in [2.75, 3.05) is 13.1 Å². The molecule has 3 nitrogen and oxygen atoms in total. The molecule has 0 bridgehead atoms. The summed E-state index contributed by atoms with van der Waals surface area (Å²) >= 11 is 0. The van der Waals surface area contributed by atoms with Gasteiger partial charge in [0.1, 0.15) is 5.65 Å². The molecule has 0 amide bonds. The highest BCUT2D eigenvalue weighted by molar-refractivity contribution is 5.92. The molecular formula is C19H21N3. The second-order valence-corrected chi connectivity index (χ2v) is 5.33. The highest BCUT2D eigenvalue weighted by Gasteiger charge is 2.12. The van der Waals surface area contributed by atoms with E-state index in [0.717, 1.165) is 36.4 Å². The fourth-order valence-corrected chi connectivity index (χ4v) is 2.76. The maximum absolute atomic E-state index is 4.74. The average molecular weight is 291 g/mol. The van der Waals surface area contributed by atoms with Gasteiger partial charge in [0.2, 0.25) is 0 Å². The van der Waals surface area contributed by atoms with Crippen molar-refractivity contribution >= 4 is 22.2 Å². The minimum atomic E-state index is 0.931. The highest BCUT2D eigenvalue weighted by Crippen LogP contribution is 2.28. The lowest BCUT2D eigenvalue weighted by Crippen LogP contribution is -2.19. The van der Waals surface area contributed by atoms with E-state index >= 15 is 0 Å². The number of rotatable bonds is 4. The van der Waals surface area contributed by atoms with Crippen molar-refractivity contribution in [1.29, 1.82) is 0 Å². The summed E-state index contributed by atoms with van der Waals surface area (Å²) in [6, 6.07) is 4.22. The van der Waals surface area contributed by atoms with Crippen LogP contribution < -0.4 is 5.32 Å². The summed E-state index contributed by atoms with van der Waals surface area (Å²) in [5.74, 6) is 0. The topological polar surface area (TPSA) is 40.7 Å². The molecule has 0 unspecified atom stereocenters. The summed E-state index contributed by atoms with van der Waals surface area (Å²) in [6.07, 6.45) is 13.3. The van der Waals surface area contributed by atoms with Crippen LogP contribution in [-0.2, 0) is 0 Å². The number of hydrogen-bond donors (Lipinski definition) is 2. The van der Waals surface area contributed by atoms with Gasteiger partial charge in [0.05, 0.1) is 5.69 Å². The molecule has 0 saturated carbocycles. The van der Waals surface area contributed by atoms with Gasteiger partial charge in [-0.3, -0.25) is 0 Å². The number of allylic oxidation sites excluding steroid dienone is 5. The van der Waals surface area contributed by atoms with E-state index in [4.69, 9.17) is 4.98 Å². The van der Waals surface area contributed by atoms with Gasteiger partial charge in [-0.2, -0.15) is 0 Å². The molecule has 0 aromatic carbocycles. The molecule has 0 atom stereocenters. The van der Waals surface area contributed by atoms with Gasteiger partial charge < -0.3 is 10.3 Å². The van der Waals surface area contributed by atoms with Crippen molar-refractivity contribution in [1.82, 2.24) is 15.3 Å². The zero-order chi connectivity index (χ0) is 15.4. The van der Waals surface area contributed by atoms with Crippen LogP contribution in [0.5, 0.6) is 0 Å². The van der Waals surface area contributed by atoms with Gasteiger partial charge in [-0.15, -0.1) is 0 Å². The molecule has 3 heterocycles. The minimum Gasteiger partial charge on any atom is -0.346 e. The third kappa shape index (κ3) is 2.81. The smallest absolute Gasteiger partial charge is 0.138 e. The first-order chi connectivity index (χ1) is 10.8. The van der Waals surface area contributed by atoms with Gasteiger partial charge in [-0.1, -0.05) is 37.0 Å². The summed E-state index contributed by atoms with van der Waals surface area (Å²) in [5.41, 5.74) is 5.56. The molecule has 0 aliphatic carbocycles. The fourth-order valence-electron chi connectivity index (χ4n) is 2.76. The molecule has 112 valence electrons. The van der Waals surface area contributed by atoms with Crippen molar-refractivity contribution < 1.29 is 0 Å². The second-order valence-electron chi connectivity index (χ2n) is 5.33. The van der Waals surface area contributed by atoms with E-state index in [1.165, 1.54) is 16.5 Å². The van der Waals surface area contributed by atoms with E-state index in [9.17, 15) is 0 Å². The van der Waals surface area contributed by atoms with Crippen LogP contribution in [0.1, 0.15) is 24.6 Å². The Hall–Kier alpha value is -2.39. The van der Waals surface area contributed by atoms with E-state index in [1.807, 2.05) is 31.2 Å². The molecule has 0 radical (unpaired) electrons. The number of fused-ring (bicyclic) bond motifs is 1. The van der Waals surface area contributed by atoms with Gasteiger partial charge in [-0.25, -0.2) is 4.98 Å². The number of nitrogens with zero attached hydrogens (tertiary/aromatic N) is 1. The van der Waals surface area contributed by atoms with Crippen LogP contribution in [-0.4, -0.2) is 23.1 Å². The SMILES string of the molecule is C=C/C(=C\C=C/C)c1ccc2c(C3=CCNCC3)c[nH]c2n1. The van der Waals surface area contributed by atoms with E-state index in [0.29, 0.717) is 0 Å². The van der Waals surface area contributed by atoms with Crippen LogP contribution in [0.25, 0.3) is 22.2 Å². The van der Waals surface area contributed by atoms with Crippen molar-refractivity contribution in [2.24, 2.45) is 0 Å². The third-order valence-corrected chi connectivity index (χ3v) is 3.93. The van der Waals surface area contributed by atoms with Crippen molar-refractivity contribution in [3.05, 3.63) is 66.5 Å². The number of aromatic nitrogens is 2. The summed E-state index contributed by atoms with van der Waals surface area (Å²) in [5, 5.41) is 4.54. The molecule has 3 heteroatoms. The lowest BCUT2D eigenvalue weighted by molar-refractivity contribution is 0.739. The number of aromatic amines is 1. The fraction of sp³-hybridized carbons (Fsp3) is 0.211. The van der Waals surface area contributed by atoms with Crippen molar-refractivity contribution in [2.45, 2.75) is 13.3 Å². The Morgan fingerprint density at radius 1 is 1.36 bits per heavy atom. The van der Waals surface area contributed by atoms with Gasteiger partial charge in [0.25, 0.3) is 0 Å². The van der Waals surface area contributed by atoms with Gasteiger partial charge >= 0.3 is 0 Å². The molecule has 0 spiro atoms. The van der Waals surface area contributed by atoms with E-state index in [2.05, 4.69) is 41.3 Å². The lowest BCUT2D eigenvalue weighted by atomic mass is 10.00. The average Bonchev–Trinajstić information content (AvgIpc) is 2.99. The monoisotopic (exact) mass is 291 g/mol. The van der Waals surface area contributed by atoms with Crippen LogP contribution >= 0.6 is 0 Å². The Balaban J connectivity index is 2.02. The lowest BCUT2D eigenvalue weighted by Gasteiger charge is -2.13. The van der Waals surface area contributed by atoms with Gasteiger partial charge in [0.15, 0.2) is 0 Å². The molecule has 2 aromatic rings. The molecule has 0 saturated heterocycles. The predicted molar refractivity (Wildman–Crippen MR) is 94.5 cm³/mol. The summed E-state index contributed by atoms with van der Waals surface area (Å²) in [4.78, 5) is 8.05.